The van der Waals surface area contributed by atoms with Crippen LogP contribution in [0.1, 0.15) is 19.3 Å². The highest BCUT2D eigenvalue weighted by molar-refractivity contribution is 6.00. The summed E-state index contributed by atoms with van der Waals surface area (Å²) in [6.07, 6.45) is 1.56. The van der Waals surface area contributed by atoms with E-state index in [0.717, 1.165) is 11.3 Å². The van der Waals surface area contributed by atoms with Gasteiger partial charge in [0.2, 0.25) is 17.7 Å². The number of likely N-dealkylation sites (tertiary alicyclic amines) is 2. The van der Waals surface area contributed by atoms with Crippen LogP contribution in [0, 0.1) is 0 Å². The Kier molecular flexibility index (Phi) is 3.15. The zero-order valence-electron chi connectivity index (χ0n) is 10.1. The van der Waals surface area contributed by atoms with Gasteiger partial charge in [-0.1, -0.05) is 0 Å². The van der Waals surface area contributed by atoms with Crippen molar-refractivity contribution in [3.63, 3.8) is 0 Å². The SMILES string of the molecule is CN1CCC(NC2CCC(=O)N(C)C2=O)C1=O. The van der Waals surface area contributed by atoms with Crippen molar-refractivity contribution in [2.24, 2.45) is 0 Å². The third-order valence-electron chi connectivity index (χ3n) is 3.48. The predicted molar refractivity (Wildman–Crippen MR) is 60.0 cm³/mol. The van der Waals surface area contributed by atoms with Crippen molar-refractivity contribution in [1.82, 2.24) is 15.1 Å². The number of nitrogens with zero attached hydrogens (tertiary/aromatic N) is 2. The first kappa shape index (κ1) is 12.0. The van der Waals surface area contributed by atoms with Crippen LogP contribution in [-0.4, -0.2) is 60.2 Å². The van der Waals surface area contributed by atoms with Crippen molar-refractivity contribution >= 4 is 17.7 Å². The molecule has 0 bridgehead atoms. The Bertz CT molecular complexity index is 369. The number of rotatable bonds is 2. The van der Waals surface area contributed by atoms with E-state index in [2.05, 4.69) is 5.32 Å². The van der Waals surface area contributed by atoms with Gasteiger partial charge in [0, 0.05) is 27.1 Å². The van der Waals surface area contributed by atoms with E-state index in [1.165, 1.54) is 7.05 Å². The summed E-state index contributed by atoms with van der Waals surface area (Å²) in [6.45, 7) is 0.714. The van der Waals surface area contributed by atoms with Gasteiger partial charge in [0.05, 0.1) is 12.1 Å². The van der Waals surface area contributed by atoms with Gasteiger partial charge in [0.25, 0.3) is 0 Å². The van der Waals surface area contributed by atoms with Crippen LogP contribution in [0.4, 0.5) is 0 Å². The first-order valence-corrected chi connectivity index (χ1v) is 5.82. The maximum atomic E-state index is 11.8. The molecule has 2 aliphatic rings. The second-order valence-corrected chi connectivity index (χ2v) is 4.65. The van der Waals surface area contributed by atoms with Crippen molar-refractivity contribution in [2.75, 3.05) is 20.6 Å². The summed E-state index contributed by atoms with van der Waals surface area (Å²) in [4.78, 5) is 37.6. The fourth-order valence-corrected chi connectivity index (χ4v) is 2.29. The fraction of sp³-hybridized carbons (Fsp3) is 0.727. The molecule has 0 radical (unpaired) electrons. The maximum absolute atomic E-state index is 11.8. The smallest absolute Gasteiger partial charge is 0.246 e. The molecule has 0 aromatic heterocycles. The van der Waals surface area contributed by atoms with E-state index in [-0.39, 0.29) is 23.8 Å². The van der Waals surface area contributed by atoms with E-state index in [1.807, 2.05) is 0 Å². The van der Waals surface area contributed by atoms with Gasteiger partial charge in [0.1, 0.15) is 0 Å². The normalized spacial score (nSPS) is 30.4. The Morgan fingerprint density at radius 3 is 2.29 bits per heavy atom. The molecule has 6 nitrogen and oxygen atoms in total. The fourth-order valence-electron chi connectivity index (χ4n) is 2.29. The Morgan fingerprint density at radius 2 is 1.71 bits per heavy atom. The molecule has 0 aromatic carbocycles. The van der Waals surface area contributed by atoms with E-state index < -0.39 is 6.04 Å². The van der Waals surface area contributed by atoms with Crippen molar-refractivity contribution in [2.45, 2.75) is 31.3 Å². The van der Waals surface area contributed by atoms with Gasteiger partial charge < -0.3 is 4.90 Å². The zero-order valence-corrected chi connectivity index (χ0v) is 10.1. The molecule has 0 saturated carbocycles. The number of nitrogens with one attached hydrogen (secondary N) is 1. The van der Waals surface area contributed by atoms with Crippen LogP contribution >= 0.6 is 0 Å². The second kappa shape index (κ2) is 4.44. The summed E-state index contributed by atoms with van der Waals surface area (Å²) in [5.74, 6) is -0.358. The lowest BCUT2D eigenvalue weighted by Gasteiger charge is -2.29. The summed E-state index contributed by atoms with van der Waals surface area (Å²) in [6, 6.07) is -0.686. The number of imide groups is 1. The maximum Gasteiger partial charge on any atom is 0.246 e. The quantitative estimate of drug-likeness (QED) is 0.625. The molecule has 2 heterocycles. The number of likely N-dealkylation sites (N-methyl/N-ethyl adjacent to an activating group) is 2. The highest BCUT2D eigenvalue weighted by Gasteiger charge is 2.37. The van der Waals surface area contributed by atoms with Crippen LogP contribution in [0.25, 0.3) is 0 Å². The third kappa shape index (κ3) is 2.17. The molecule has 0 aromatic rings. The van der Waals surface area contributed by atoms with Crippen molar-refractivity contribution in [1.29, 1.82) is 0 Å². The minimum Gasteiger partial charge on any atom is -0.344 e. The van der Waals surface area contributed by atoms with Crippen molar-refractivity contribution in [3.8, 4) is 0 Å². The number of hydrogen-bond acceptors (Lipinski definition) is 4. The summed E-state index contributed by atoms with van der Waals surface area (Å²) in [5, 5.41) is 3.06. The summed E-state index contributed by atoms with van der Waals surface area (Å²) >= 11 is 0. The van der Waals surface area contributed by atoms with E-state index in [9.17, 15) is 14.4 Å². The third-order valence-corrected chi connectivity index (χ3v) is 3.48. The summed E-state index contributed by atoms with van der Waals surface area (Å²) in [7, 11) is 3.24. The minimum atomic E-state index is -0.404. The second-order valence-electron chi connectivity index (χ2n) is 4.65. The van der Waals surface area contributed by atoms with Gasteiger partial charge in [-0.05, 0) is 12.8 Å². The molecule has 2 saturated heterocycles. The molecule has 2 aliphatic heterocycles. The van der Waals surface area contributed by atoms with Gasteiger partial charge in [-0.15, -0.1) is 0 Å². The predicted octanol–water partition coefficient (Wildman–Crippen LogP) is -1.05. The molecule has 0 aliphatic carbocycles. The average Bonchev–Trinajstić information content (AvgIpc) is 2.62. The van der Waals surface area contributed by atoms with Gasteiger partial charge in [-0.3, -0.25) is 24.6 Å². The number of hydrogen-bond donors (Lipinski definition) is 1. The van der Waals surface area contributed by atoms with Crippen LogP contribution in [-0.2, 0) is 14.4 Å². The van der Waals surface area contributed by atoms with Crippen LogP contribution in [0.15, 0.2) is 0 Å². The lowest BCUT2D eigenvalue weighted by molar-refractivity contribution is -0.148. The summed E-state index contributed by atoms with van der Waals surface area (Å²) in [5.41, 5.74) is 0. The Labute approximate surface area is 99.9 Å². The Balaban J connectivity index is 1.98. The van der Waals surface area contributed by atoms with E-state index >= 15 is 0 Å². The molecule has 3 amide bonds. The number of carbonyl (C=O) groups is 3. The molecule has 2 unspecified atom stereocenters. The Morgan fingerprint density at radius 1 is 1.06 bits per heavy atom. The summed E-state index contributed by atoms with van der Waals surface area (Å²) < 4.78 is 0. The molecule has 2 fully saturated rings. The molecule has 2 rings (SSSR count). The van der Waals surface area contributed by atoms with Crippen molar-refractivity contribution in [3.05, 3.63) is 0 Å². The monoisotopic (exact) mass is 239 g/mol. The highest BCUT2D eigenvalue weighted by atomic mass is 16.2. The molecular weight excluding hydrogens is 222 g/mol. The van der Waals surface area contributed by atoms with Crippen LogP contribution in [0.3, 0.4) is 0 Å². The molecule has 6 heteroatoms. The number of piperidine rings is 1. The van der Waals surface area contributed by atoms with E-state index in [4.69, 9.17) is 0 Å². The number of amides is 3. The highest BCUT2D eigenvalue weighted by Crippen LogP contribution is 2.15. The van der Waals surface area contributed by atoms with Gasteiger partial charge in [-0.25, -0.2) is 0 Å². The molecule has 2 atom stereocenters. The average molecular weight is 239 g/mol. The topological polar surface area (TPSA) is 69.7 Å². The number of carbonyl (C=O) groups excluding carboxylic acids is 3. The largest absolute Gasteiger partial charge is 0.344 e. The molecule has 0 spiro atoms. The standard InChI is InChI=1S/C11H17N3O3/c1-13-6-5-8(10(13)16)12-7-3-4-9(15)14(2)11(7)17/h7-8,12H,3-6H2,1-2H3. The lowest BCUT2D eigenvalue weighted by Crippen LogP contribution is -2.55. The van der Waals surface area contributed by atoms with Crippen LogP contribution in [0.5, 0.6) is 0 Å². The van der Waals surface area contributed by atoms with Crippen molar-refractivity contribution < 1.29 is 14.4 Å². The minimum absolute atomic E-state index is 0.0253. The molecular formula is C11H17N3O3. The first-order chi connectivity index (χ1) is 8.00. The van der Waals surface area contributed by atoms with Crippen LogP contribution < -0.4 is 5.32 Å². The lowest BCUT2D eigenvalue weighted by atomic mass is 10.0. The molecule has 1 N–H and O–H groups in total. The molecule has 17 heavy (non-hydrogen) atoms. The van der Waals surface area contributed by atoms with E-state index in [0.29, 0.717) is 19.4 Å². The van der Waals surface area contributed by atoms with Gasteiger partial charge in [0.15, 0.2) is 0 Å². The first-order valence-electron chi connectivity index (χ1n) is 5.82. The van der Waals surface area contributed by atoms with Gasteiger partial charge in [-0.2, -0.15) is 0 Å². The van der Waals surface area contributed by atoms with Crippen LogP contribution in [0.2, 0.25) is 0 Å². The molecule has 94 valence electrons. The van der Waals surface area contributed by atoms with E-state index in [1.54, 1.807) is 11.9 Å². The van der Waals surface area contributed by atoms with Gasteiger partial charge >= 0.3 is 0 Å². The Hall–Kier alpha value is -1.43. The zero-order chi connectivity index (χ0) is 12.6.